The van der Waals surface area contributed by atoms with E-state index in [0.29, 0.717) is 29.5 Å². The van der Waals surface area contributed by atoms with Crippen LogP contribution < -0.4 is 14.8 Å². The van der Waals surface area contributed by atoms with Crippen LogP contribution in [0.1, 0.15) is 41.6 Å². The number of anilines is 1. The number of carbonyl (C=O) groups is 1. The van der Waals surface area contributed by atoms with Crippen LogP contribution in [0.2, 0.25) is 0 Å². The van der Waals surface area contributed by atoms with Crippen molar-refractivity contribution < 1.29 is 18.8 Å². The van der Waals surface area contributed by atoms with E-state index in [1.54, 1.807) is 25.3 Å². The Morgan fingerprint density at radius 1 is 1.35 bits per heavy atom. The van der Waals surface area contributed by atoms with E-state index >= 15 is 0 Å². The van der Waals surface area contributed by atoms with Gasteiger partial charge in [-0.15, -0.1) is 0 Å². The number of nitrogens with zero attached hydrogens (tertiary/aromatic N) is 1. The number of ether oxygens (including phenoxy) is 2. The van der Waals surface area contributed by atoms with E-state index in [4.69, 9.17) is 14.0 Å². The van der Waals surface area contributed by atoms with E-state index in [-0.39, 0.29) is 5.91 Å². The minimum atomic E-state index is -0.286. The van der Waals surface area contributed by atoms with E-state index in [2.05, 4.69) is 10.5 Å². The molecule has 0 unspecified atom stereocenters. The number of hydrogen-bond donors (Lipinski definition) is 1. The predicted molar refractivity (Wildman–Crippen MR) is 85.3 cm³/mol. The number of nitrogens with one attached hydrogen (secondary N) is 1. The zero-order valence-corrected chi connectivity index (χ0v) is 13.3. The average molecular weight is 316 g/mol. The van der Waals surface area contributed by atoms with Crippen LogP contribution >= 0.6 is 0 Å². The van der Waals surface area contributed by atoms with Gasteiger partial charge in [0.2, 0.25) is 0 Å². The molecule has 1 amide bonds. The molecule has 2 aromatic rings. The summed E-state index contributed by atoms with van der Waals surface area (Å²) in [4.78, 5) is 12.6. The molecule has 23 heavy (non-hydrogen) atoms. The van der Waals surface area contributed by atoms with Crippen LogP contribution in [0, 0.1) is 0 Å². The molecule has 122 valence electrons. The highest BCUT2D eigenvalue weighted by Gasteiger charge is 2.24. The van der Waals surface area contributed by atoms with Gasteiger partial charge in [-0.05, 0) is 38.3 Å². The predicted octanol–water partition coefficient (Wildman–Crippen LogP) is 3.21. The van der Waals surface area contributed by atoms with E-state index in [0.717, 1.165) is 37.0 Å². The molecule has 0 bridgehead atoms. The van der Waals surface area contributed by atoms with Gasteiger partial charge in [0.15, 0.2) is 5.69 Å². The van der Waals surface area contributed by atoms with Gasteiger partial charge in [0.25, 0.3) is 5.91 Å². The molecule has 0 aliphatic heterocycles. The number of benzene rings is 1. The Morgan fingerprint density at radius 2 is 2.17 bits per heavy atom. The second-order valence-corrected chi connectivity index (χ2v) is 5.39. The minimum Gasteiger partial charge on any atom is -0.497 e. The molecule has 0 spiro atoms. The fraction of sp³-hybridized carbons (Fsp3) is 0.412. The molecule has 0 fully saturated rings. The van der Waals surface area contributed by atoms with Gasteiger partial charge < -0.3 is 19.3 Å². The summed E-state index contributed by atoms with van der Waals surface area (Å²) in [5.74, 6) is 1.79. The molecular weight excluding hydrogens is 296 g/mol. The second kappa shape index (κ2) is 6.73. The Morgan fingerprint density at radius 3 is 2.96 bits per heavy atom. The first-order chi connectivity index (χ1) is 11.2. The number of hydrogen-bond acceptors (Lipinski definition) is 5. The first-order valence-corrected chi connectivity index (χ1v) is 7.82. The van der Waals surface area contributed by atoms with Crippen LogP contribution in [0.25, 0.3) is 0 Å². The Balaban J connectivity index is 1.86. The molecule has 6 heteroatoms. The van der Waals surface area contributed by atoms with Crippen LogP contribution in [0.5, 0.6) is 11.5 Å². The Hall–Kier alpha value is -2.50. The number of aromatic nitrogens is 1. The lowest BCUT2D eigenvalue weighted by Crippen LogP contribution is -2.16. The minimum absolute atomic E-state index is 0.286. The largest absolute Gasteiger partial charge is 0.497 e. The van der Waals surface area contributed by atoms with Crippen molar-refractivity contribution in [1.29, 1.82) is 0 Å². The maximum atomic E-state index is 12.6. The maximum Gasteiger partial charge on any atom is 0.278 e. The van der Waals surface area contributed by atoms with E-state index in [1.165, 1.54) is 0 Å². The number of amides is 1. The van der Waals surface area contributed by atoms with Gasteiger partial charge in [0, 0.05) is 18.1 Å². The fourth-order valence-electron chi connectivity index (χ4n) is 2.76. The van der Waals surface area contributed by atoms with Gasteiger partial charge in [-0.25, -0.2) is 0 Å². The fourth-order valence-corrected chi connectivity index (χ4v) is 2.76. The SMILES string of the molecule is CCOc1ccc(OC)cc1NC(=O)c1noc2c1CCCC2. The summed E-state index contributed by atoms with van der Waals surface area (Å²) in [5, 5.41) is 6.81. The average Bonchev–Trinajstić information content (AvgIpc) is 3.00. The van der Waals surface area contributed by atoms with Crippen LogP contribution in [-0.2, 0) is 12.8 Å². The summed E-state index contributed by atoms with van der Waals surface area (Å²) in [5.41, 5.74) is 1.85. The molecule has 1 aromatic heterocycles. The molecule has 0 saturated carbocycles. The van der Waals surface area contributed by atoms with Crippen molar-refractivity contribution in [2.24, 2.45) is 0 Å². The summed E-state index contributed by atoms with van der Waals surface area (Å²) in [6.07, 6.45) is 3.81. The van der Waals surface area contributed by atoms with Crippen molar-refractivity contribution in [2.75, 3.05) is 19.0 Å². The van der Waals surface area contributed by atoms with Gasteiger partial charge in [0.05, 0.1) is 19.4 Å². The number of rotatable bonds is 5. The summed E-state index contributed by atoms with van der Waals surface area (Å²) in [6, 6.07) is 5.30. The third-order valence-corrected chi connectivity index (χ3v) is 3.90. The Labute approximate surface area is 134 Å². The molecule has 0 atom stereocenters. The van der Waals surface area contributed by atoms with E-state index < -0.39 is 0 Å². The summed E-state index contributed by atoms with van der Waals surface area (Å²) in [6.45, 7) is 2.40. The maximum absolute atomic E-state index is 12.6. The molecular formula is C17H20N2O4. The van der Waals surface area contributed by atoms with Crippen LogP contribution in [-0.4, -0.2) is 24.8 Å². The molecule has 1 aliphatic carbocycles. The van der Waals surface area contributed by atoms with Crippen LogP contribution in [0.3, 0.4) is 0 Å². The van der Waals surface area contributed by atoms with Crippen molar-refractivity contribution in [3.05, 3.63) is 35.2 Å². The highest BCUT2D eigenvalue weighted by molar-refractivity contribution is 6.04. The molecule has 1 N–H and O–H groups in total. The van der Waals surface area contributed by atoms with Crippen molar-refractivity contribution in [2.45, 2.75) is 32.6 Å². The molecule has 3 rings (SSSR count). The topological polar surface area (TPSA) is 73.6 Å². The first kappa shape index (κ1) is 15.4. The van der Waals surface area contributed by atoms with Gasteiger partial charge in [0.1, 0.15) is 17.3 Å². The van der Waals surface area contributed by atoms with Gasteiger partial charge >= 0.3 is 0 Å². The molecule has 1 aromatic carbocycles. The molecule has 6 nitrogen and oxygen atoms in total. The summed E-state index contributed by atoms with van der Waals surface area (Å²) < 4.78 is 16.1. The molecule has 1 heterocycles. The normalized spacial score (nSPS) is 13.3. The third kappa shape index (κ3) is 3.16. The Bertz CT molecular complexity index is 709. The lowest BCUT2D eigenvalue weighted by molar-refractivity contribution is 0.101. The van der Waals surface area contributed by atoms with Crippen molar-refractivity contribution in [3.63, 3.8) is 0 Å². The van der Waals surface area contributed by atoms with E-state index in [9.17, 15) is 4.79 Å². The number of carbonyl (C=O) groups excluding carboxylic acids is 1. The molecule has 0 saturated heterocycles. The highest BCUT2D eigenvalue weighted by Crippen LogP contribution is 2.31. The van der Waals surface area contributed by atoms with Crippen molar-refractivity contribution in [1.82, 2.24) is 5.16 Å². The number of aryl methyl sites for hydroxylation is 1. The summed E-state index contributed by atoms with van der Waals surface area (Å²) >= 11 is 0. The van der Waals surface area contributed by atoms with Crippen molar-refractivity contribution >= 4 is 11.6 Å². The Kier molecular flexibility index (Phi) is 4.50. The zero-order chi connectivity index (χ0) is 16.2. The number of methoxy groups -OCH3 is 1. The standard InChI is InChI=1S/C17H20N2O4/c1-3-22-15-9-8-11(21-2)10-13(15)18-17(20)16-12-6-4-5-7-14(12)23-19-16/h8-10H,3-7H2,1-2H3,(H,18,20). The quantitative estimate of drug-likeness (QED) is 0.917. The van der Waals surface area contributed by atoms with Crippen molar-refractivity contribution in [3.8, 4) is 11.5 Å². The molecule has 0 radical (unpaired) electrons. The van der Waals surface area contributed by atoms with Crippen LogP contribution in [0.15, 0.2) is 22.7 Å². The molecule has 1 aliphatic rings. The van der Waals surface area contributed by atoms with Gasteiger partial charge in [-0.2, -0.15) is 0 Å². The number of fused-ring (bicyclic) bond motifs is 1. The van der Waals surface area contributed by atoms with E-state index in [1.807, 2.05) is 6.92 Å². The lowest BCUT2D eigenvalue weighted by Gasteiger charge is -2.13. The monoisotopic (exact) mass is 316 g/mol. The lowest BCUT2D eigenvalue weighted by atomic mass is 9.96. The van der Waals surface area contributed by atoms with Gasteiger partial charge in [-0.1, -0.05) is 5.16 Å². The zero-order valence-electron chi connectivity index (χ0n) is 13.3. The smallest absolute Gasteiger partial charge is 0.278 e. The first-order valence-electron chi connectivity index (χ1n) is 7.82. The second-order valence-electron chi connectivity index (χ2n) is 5.39. The van der Waals surface area contributed by atoms with Gasteiger partial charge in [-0.3, -0.25) is 4.79 Å². The summed E-state index contributed by atoms with van der Waals surface area (Å²) in [7, 11) is 1.58. The third-order valence-electron chi connectivity index (χ3n) is 3.90. The van der Waals surface area contributed by atoms with Crippen LogP contribution in [0.4, 0.5) is 5.69 Å². The highest BCUT2D eigenvalue weighted by atomic mass is 16.5.